The highest BCUT2D eigenvalue weighted by Gasteiger charge is 2.06. The molecule has 0 aliphatic heterocycles. The minimum absolute atomic E-state index is 0.210. The summed E-state index contributed by atoms with van der Waals surface area (Å²) in [5.41, 5.74) is 4.76. The van der Waals surface area contributed by atoms with Crippen LogP contribution in [0.25, 0.3) is 11.1 Å². The molecular formula is C17H18O2. The van der Waals surface area contributed by atoms with E-state index in [1.807, 2.05) is 30.3 Å². The van der Waals surface area contributed by atoms with Crippen LogP contribution in [0.3, 0.4) is 0 Å². The Hall–Kier alpha value is -2.09. The van der Waals surface area contributed by atoms with Crippen molar-refractivity contribution in [3.8, 4) is 16.9 Å². The zero-order valence-electron chi connectivity index (χ0n) is 11.6. The van der Waals surface area contributed by atoms with E-state index in [1.54, 1.807) is 6.92 Å². The van der Waals surface area contributed by atoms with Gasteiger partial charge >= 0.3 is 5.97 Å². The molecule has 0 unspecified atom stereocenters. The monoisotopic (exact) mass is 254 g/mol. The van der Waals surface area contributed by atoms with Gasteiger partial charge in [0.1, 0.15) is 5.75 Å². The molecule has 0 aromatic heterocycles. The predicted molar refractivity (Wildman–Crippen MR) is 77.3 cm³/mol. The average Bonchev–Trinajstić information content (AvgIpc) is 2.42. The Morgan fingerprint density at radius 3 is 2.58 bits per heavy atom. The molecule has 0 saturated carbocycles. The van der Waals surface area contributed by atoms with Gasteiger partial charge in [0.2, 0.25) is 0 Å². The first-order valence-corrected chi connectivity index (χ1v) is 6.49. The topological polar surface area (TPSA) is 26.3 Å². The average molecular weight is 254 g/mol. The number of hydrogen-bond donors (Lipinski definition) is 0. The Morgan fingerprint density at radius 1 is 1.11 bits per heavy atom. The van der Waals surface area contributed by atoms with Gasteiger partial charge in [-0.25, -0.2) is 0 Å². The first-order valence-electron chi connectivity index (χ1n) is 6.49. The SMILES string of the molecule is CCC(=O)Oc1cccc(-c2cccc(C)c2C)c1. The van der Waals surface area contributed by atoms with Crippen molar-refractivity contribution in [3.05, 3.63) is 53.6 Å². The normalized spacial score (nSPS) is 10.3. The summed E-state index contributed by atoms with van der Waals surface area (Å²) < 4.78 is 5.26. The summed E-state index contributed by atoms with van der Waals surface area (Å²) in [6.07, 6.45) is 0.383. The van der Waals surface area contributed by atoms with Gasteiger partial charge in [-0.1, -0.05) is 37.3 Å². The largest absolute Gasteiger partial charge is 0.427 e. The Bertz CT molecular complexity index is 600. The van der Waals surface area contributed by atoms with Crippen LogP contribution in [0.4, 0.5) is 0 Å². The number of rotatable bonds is 3. The molecule has 0 aliphatic carbocycles. The number of ether oxygens (including phenoxy) is 1. The second kappa shape index (κ2) is 5.70. The number of carbonyl (C=O) groups excluding carboxylic acids is 1. The molecule has 2 heteroatoms. The van der Waals surface area contributed by atoms with Gasteiger partial charge in [0.05, 0.1) is 0 Å². The van der Waals surface area contributed by atoms with Crippen LogP contribution in [0.15, 0.2) is 42.5 Å². The minimum Gasteiger partial charge on any atom is -0.427 e. The molecule has 2 nitrogen and oxygen atoms in total. The van der Waals surface area contributed by atoms with Crippen LogP contribution in [0.1, 0.15) is 24.5 Å². The Labute approximate surface area is 114 Å². The summed E-state index contributed by atoms with van der Waals surface area (Å²) in [7, 11) is 0. The molecule has 0 N–H and O–H groups in total. The van der Waals surface area contributed by atoms with Crippen molar-refractivity contribution >= 4 is 5.97 Å². The van der Waals surface area contributed by atoms with Crippen molar-refractivity contribution in [2.75, 3.05) is 0 Å². The highest BCUT2D eigenvalue weighted by molar-refractivity contribution is 5.74. The van der Waals surface area contributed by atoms with Crippen LogP contribution in [-0.4, -0.2) is 5.97 Å². The predicted octanol–water partition coefficient (Wildman–Crippen LogP) is 4.29. The lowest BCUT2D eigenvalue weighted by atomic mass is 9.97. The van der Waals surface area contributed by atoms with Crippen molar-refractivity contribution in [3.63, 3.8) is 0 Å². The fourth-order valence-electron chi connectivity index (χ4n) is 1.99. The molecule has 0 amide bonds. The molecule has 2 aromatic carbocycles. The van der Waals surface area contributed by atoms with E-state index < -0.39 is 0 Å². The van der Waals surface area contributed by atoms with Crippen molar-refractivity contribution in [1.29, 1.82) is 0 Å². The van der Waals surface area contributed by atoms with Gasteiger partial charge in [-0.15, -0.1) is 0 Å². The Kier molecular flexibility index (Phi) is 4.00. The van der Waals surface area contributed by atoms with Gasteiger partial charge in [0, 0.05) is 6.42 Å². The number of benzene rings is 2. The summed E-state index contributed by atoms with van der Waals surface area (Å²) >= 11 is 0. The van der Waals surface area contributed by atoms with Crippen LogP contribution < -0.4 is 4.74 Å². The second-order valence-corrected chi connectivity index (χ2v) is 4.60. The van der Waals surface area contributed by atoms with Crippen LogP contribution in [0.5, 0.6) is 5.75 Å². The van der Waals surface area contributed by atoms with E-state index in [2.05, 4.69) is 26.0 Å². The summed E-state index contributed by atoms with van der Waals surface area (Å²) in [4.78, 5) is 11.3. The van der Waals surface area contributed by atoms with Crippen LogP contribution in [0, 0.1) is 13.8 Å². The first-order chi connectivity index (χ1) is 9.11. The molecule has 0 radical (unpaired) electrons. The number of hydrogen-bond acceptors (Lipinski definition) is 2. The zero-order valence-corrected chi connectivity index (χ0v) is 11.6. The Morgan fingerprint density at radius 2 is 1.84 bits per heavy atom. The molecule has 19 heavy (non-hydrogen) atoms. The van der Waals surface area contributed by atoms with Crippen LogP contribution in [-0.2, 0) is 4.79 Å². The summed E-state index contributed by atoms with van der Waals surface area (Å²) in [6.45, 7) is 5.99. The smallest absolute Gasteiger partial charge is 0.310 e. The van der Waals surface area contributed by atoms with Crippen LogP contribution >= 0.6 is 0 Å². The summed E-state index contributed by atoms with van der Waals surface area (Å²) in [5.74, 6) is 0.392. The van der Waals surface area contributed by atoms with Crippen LogP contribution in [0.2, 0.25) is 0 Å². The molecular weight excluding hydrogens is 236 g/mol. The summed E-state index contributed by atoms with van der Waals surface area (Å²) in [6, 6.07) is 13.9. The number of carbonyl (C=O) groups is 1. The molecule has 0 fully saturated rings. The van der Waals surface area contributed by atoms with Gasteiger partial charge < -0.3 is 4.74 Å². The van der Waals surface area contributed by atoms with E-state index in [0.717, 1.165) is 5.56 Å². The van der Waals surface area contributed by atoms with Crippen molar-refractivity contribution in [2.45, 2.75) is 27.2 Å². The highest BCUT2D eigenvalue weighted by atomic mass is 16.5. The molecule has 2 rings (SSSR count). The fourth-order valence-corrected chi connectivity index (χ4v) is 1.99. The maximum absolute atomic E-state index is 11.3. The molecule has 0 aliphatic rings. The van der Waals surface area contributed by atoms with E-state index in [4.69, 9.17) is 4.74 Å². The van der Waals surface area contributed by atoms with Crippen molar-refractivity contribution in [1.82, 2.24) is 0 Å². The highest BCUT2D eigenvalue weighted by Crippen LogP contribution is 2.28. The van der Waals surface area contributed by atoms with E-state index in [1.165, 1.54) is 16.7 Å². The second-order valence-electron chi connectivity index (χ2n) is 4.60. The summed E-state index contributed by atoms with van der Waals surface area (Å²) in [5, 5.41) is 0. The standard InChI is InChI=1S/C17H18O2/c1-4-17(18)19-15-9-6-8-14(11-15)16-10-5-7-12(2)13(16)3/h5-11H,4H2,1-3H3. The van der Waals surface area contributed by atoms with Gasteiger partial charge in [-0.05, 0) is 48.2 Å². The molecule has 0 saturated heterocycles. The van der Waals surface area contributed by atoms with E-state index in [-0.39, 0.29) is 5.97 Å². The van der Waals surface area contributed by atoms with E-state index in [0.29, 0.717) is 12.2 Å². The van der Waals surface area contributed by atoms with Gasteiger partial charge in [-0.2, -0.15) is 0 Å². The molecule has 0 spiro atoms. The molecule has 2 aromatic rings. The van der Waals surface area contributed by atoms with Crippen molar-refractivity contribution in [2.24, 2.45) is 0 Å². The molecule has 98 valence electrons. The molecule has 0 bridgehead atoms. The van der Waals surface area contributed by atoms with Gasteiger partial charge in [-0.3, -0.25) is 4.79 Å². The minimum atomic E-state index is -0.210. The molecule has 0 atom stereocenters. The third-order valence-corrected chi connectivity index (χ3v) is 3.27. The first kappa shape index (κ1) is 13.3. The van der Waals surface area contributed by atoms with Gasteiger partial charge in [0.15, 0.2) is 0 Å². The fraction of sp³-hybridized carbons (Fsp3) is 0.235. The quantitative estimate of drug-likeness (QED) is 0.603. The lowest BCUT2D eigenvalue weighted by Crippen LogP contribution is -2.05. The maximum atomic E-state index is 11.3. The lowest BCUT2D eigenvalue weighted by molar-refractivity contribution is -0.134. The van der Waals surface area contributed by atoms with E-state index in [9.17, 15) is 4.79 Å². The van der Waals surface area contributed by atoms with Gasteiger partial charge in [0.25, 0.3) is 0 Å². The third kappa shape index (κ3) is 3.02. The Balaban J connectivity index is 2.38. The maximum Gasteiger partial charge on any atom is 0.310 e. The van der Waals surface area contributed by atoms with E-state index >= 15 is 0 Å². The number of esters is 1. The molecule has 0 heterocycles. The third-order valence-electron chi connectivity index (χ3n) is 3.27. The zero-order chi connectivity index (χ0) is 13.8. The number of aryl methyl sites for hydroxylation is 1. The lowest BCUT2D eigenvalue weighted by Gasteiger charge is -2.10. The van der Waals surface area contributed by atoms with Crippen molar-refractivity contribution < 1.29 is 9.53 Å².